The average molecular weight is 359 g/mol. The molecule has 0 unspecified atom stereocenters. The number of aromatic nitrogens is 4. The zero-order chi connectivity index (χ0) is 19.2. The first-order valence-corrected chi connectivity index (χ1v) is 9.18. The first kappa shape index (κ1) is 18.5. The molecular formula is C19H29N5O2. The minimum Gasteiger partial charge on any atom is -0.353 e. The summed E-state index contributed by atoms with van der Waals surface area (Å²) in [6, 6.07) is 0.283. The number of nitrogens with one attached hydrogen (secondary N) is 2. The number of fused-ring (bicyclic) bond motifs is 1. The van der Waals surface area contributed by atoms with Crippen LogP contribution in [-0.4, -0.2) is 25.1 Å². The first-order valence-electron chi connectivity index (χ1n) is 9.18. The van der Waals surface area contributed by atoms with Crippen molar-refractivity contribution in [2.45, 2.75) is 59.5 Å². The Balaban J connectivity index is 2.09. The van der Waals surface area contributed by atoms with Crippen molar-refractivity contribution in [1.29, 1.82) is 0 Å². The zero-order valence-corrected chi connectivity index (χ0v) is 16.3. The van der Waals surface area contributed by atoms with Gasteiger partial charge in [-0.1, -0.05) is 32.9 Å². The Bertz CT molecular complexity index is 963. The van der Waals surface area contributed by atoms with Gasteiger partial charge >= 0.3 is 5.69 Å². The van der Waals surface area contributed by atoms with Gasteiger partial charge in [0, 0.05) is 19.6 Å². The Morgan fingerprint density at radius 2 is 2.08 bits per heavy atom. The summed E-state index contributed by atoms with van der Waals surface area (Å²) in [5, 5.41) is 3.55. The van der Waals surface area contributed by atoms with Crippen LogP contribution < -0.4 is 16.6 Å². The summed E-state index contributed by atoms with van der Waals surface area (Å²) in [4.78, 5) is 31.3. The molecule has 7 nitrogen and oxygen atoms in total. The lowest BCUT2D eigenvalue weighted by atomic mass is 9.71. The van der Waals surface area contributed by atoms with Crippen LogP contribution in [0.15, 0.2) is 21.7 Å². The Hall–Kier alpha value is -2.31. The van der Waals surface area contributed by atoms with Gasteiger partial charge in [0.15, 0.2) is 11.2 Å². The fraction of sp³-hybridized carbons (Fsp3) is 0.632. The SMILES string of the molecule is C=C(C)Cn1c(N[C@H]2C[C@H](C)CC(C)(C)C2)nc2c1c(=O)[nH]c(=O)n2C. The van der Waals surface area contributed by atoms with Crippen molar-refractivity contribution in [3.63, 3.8) is 0 Å². The summed E-state index contributed by atoms with van der Waals surface area (Å²) in [6.45, 7) is 13.2. The molecule has 0 aliphatic heterocycles. The van der Waals surface area contributed by atoms with Crippen LogP contribution in [0.5, 0.6) is 0 Å². The number of hydrogen-bond donors (Lipinski definition) is 2. The fourth-order valence-corrected chi connectivity index (χ4v) is 4.41. The molecule has 2 N–H and O–H groups in total. The lowest BCUT2D eigenvalue weighted by molar-refractivity contribution is 0.177. The molecule has 2 aromatic rings. The molecule has 0 bridgehead atoms. The monoisotopic (exact) mass is 359 g/mol. The quantitative estimate of drug-likeness (QED) is 0.822. The van der Waals surface area contributed by atoms with Gasteiger partial charge in [-0.25, -0.2) is 4.79 Å². The normalized spacial score (nSPS) is 22.5. The molecule has 0 aromatic carbocycles. The van der Waals surface area contributed by atoms with E-state index in [2.05, 4.69) is 42.6 Å². The number of aromatic amines is 1. The van der Waals surface area contributed by atoms with Crippen LogP contribution in [-0.2, 0) is 13.6 Å². The molecule has 0 spiro atoms. The third-order valence-electron chi connectivity index (χ3n) is 5.16. The molecule has 2 aromatic heterocycles. The van der Waals surface area contributed by atoms with E-state index in [0.29, 0.717) is 29.6 Å². The van der Waals surface area contributed by atoms with Crippen molar-refractivity contribution in [3.8, 4) is 0 Å². The molecule has 0 saturated heterocycles. The summed E-state index contributed by atoms with van der Waals surface area (Å²) >= 11 is 0. The predicted molar refractivity (Wildman–Crippen MR) is 105 cm³/mol. The van der Waals surface area contributed by atoms with E-state index in [-0.39, 0.29) is 11.5 Å². The number of imidazole rings is 1. The van der Waals surface area contributed by atoms with Gasteiger partial charge in [-0.05, 0) is 37.5 Å². The smallest absolute Gasteiger partial charge is 0.329 e. The number of allylic oxidation sites excluding steroid dienone is 1. The van der Waals surface area contributed by atoms with Crippen LogP contribution in [0.25, 0.3) is 11.2 Å². The maximum absolute atomic E-state index is 12.4. The van der Waals surface area contributed by atoms with Crippen LogP contribution in [0.2, 0.25) is 0 Å². The summed E-state index contributed by atoms with van der Waals surface area (Å²) in [6.07, 6.45) is 3.32. The second-order valence-electron chi connectivity index (χ2n) is 8.72. The minimum absolute atomic E-state index is 0.269. The lowest BCUT2D eigenvalue weighted by Gasteiger charge is -2.39. The van der Waals surface area contributed by atoms with E-state index in [1.807, 2.05) is 11.5 Å². The molecule has 1 aliphatic carbocycles. The van der Waals surface area contributed by atoms with E-state index >= 15 is 0 Å². The number of H-pyrrole nitrogens is 1. The lowest BCUT2D eigenvalue weighted by Crippen LogP contribution is -2.36. The second-order valence-corrected chi connectivity index (χ2v) is 8.72. The van der Waals surface area contributed by atoms with Gasteiger partial charge < -0.3 is 9.88 Å². The Labute approximate surface area is 153 Å². The van der Waals surface area contributed by atoms with Gasteiger partial charge in [-0.15, -0.1) is 0 Å². The van der Waals surface area contributed by atoms with E-state index in [1.165, 1.54) is 11.0 Å². The number of anilines is 1. The highest BCUT2D eigenvalue weighted by atomic mass is 16.2. The summed E-state index contributed by atoms with van der Waals surface area (Å²) in [5.74, 6) is 1.26. The van der Waals surface area contributed by atoms with E-state index in [0.717, 1.165) is 18.4 Å². The Morgan fingerprint density at radius 3 is 2.69 bits per heavy atom. The maximum Gasteiger partial charge on any atom is 0.329 e. The third kappa shape index (κ3) is 3.48. The van der Waals surface area contributed by atoms with Gasteiger partial charge in [0.05, 0.1) is 0 Å². The van der Waals surface area contributed by atoms with Crippen molar-refractivity contribution in [1.82, 2.24) is 19.1 Å². The van der Waals surface area contributed by atoms with Crippen molar-refractivity contribution >= 4 is 17.1 Å². The van der Waals surface area contributed by atoms with Crippen LogP contribution >= 0.6 is 0 Å². The van der Waals surface area contributed by atoms with Gasteiger partial charge in [0.25, 0.3) is 5.56 Å². The number of rotatable bonds is 4. The number of nitrogens with zero attached hydrogens (tertiary/aromatic N) is 3. The van der Waals surface area contributed by atoms with Crippen molar-refractivity contribution in [3.05, 3.63) is 33.0 Å². The Kier molecular flexibility index (Phi) is 4.58. The van der Waals surface area contributed by atoms with Gasteiger partial charge in [0.2, 0.25) is 5.95 Å². The average Bonchev–Trinajstić information content (AvgIpc) is 2.81. The molecule has 0 amide bonds. The zero-order valence-electron chi connectivity index (χ0n) is 16.3. The van der Waals surface area contributed by atoms with Gasteiger partial charge in [-0.3, -0.25) is 14.3 Å². The van der Waals surface area contributed by atoms with Crippen LogP contribution in [0, 0.1) is 11.3 Å². The fourth-order valence-electron chi connectivity index (χ4n) is 4.41. The molecule has 0 radical (unpaired) electrons. The molecule has 2 atom stereocenters. The molecule has 1 saturated carbocycles. The van der Waals surface area contributed by atoms with E-state index in [4.69, 9.17) is 0 Å². The second kappa shape index (κ2) is 6.45. The molecule has 3 rings (SSSR count). The maximum atomic E-state index is 12.4. The van der Waals surface area contributed by atoms with Crippen molar-refractivity contribution in [2.24, 2.45) is 18.4 Å². The molecule has 2 heterocycles. The molecule has 1 aliphatic rings. The topological polar surface area (TPSA) is 84.7 Å². The standard InChI is InChI=1S/C19H29N5O2/c1-11(2)10-24-14-15(23(6)18(26)22-16(14)25)21-17(24)20-13-7-12(3)8-19(4,5)9-13/h12-13H,1,7-10H2,2-6H3,(H,20,21)(H,22,25,26)/t12-,13-/m0/s1. The van der Waals surface area contributed by atoms with Crippen molar-refractivity contribution in [2.75, 3.05) is 5.32 Å². The highest BCUT2D eigenvalue weighted by molar-refractivity contribution is 5.74. The Morgan fingerprint density at radius 1 is 1.38 bits per heavy atom. The summed E-state index contributed by atoms with van der Waals surface area (Å²) in [7, 11) is 1.62. The third-order valence-corrected chi connectivity index (χ3v) is 5.16. The van der Waals surface area contributed by atoms with Gasteiger partial charge in [-0.2, -0.15) is 4.98 Å². The minimum atomic E-state index is -0.457. The largest absolute Gasteiger partial charge is 0.353 e. The van der Waals surface area contributed by atoms with E-state index in [9.17, 15) is 9.59 Å². The molecular weight excluding hydrogens is 330 g/mol. The van der Waals surface area contributed by atoms with Crippen LogP contribution in [0.4, 0.5) is 5.95 Å². The summed E-state index contributed by atoms with van der Waals surface area (Å²) in [5.41, 5.74) is 1.11. The van der Waals surface area contributed by atoms with Crippen molar-refractivity contribution < 1.29 is 0 Å². The highest BCUT2D eigenvalue weighted by Gasteiger charge is 2.33. The molecule has 7 heteroatoms. The molecule has 26 heavy (non-hydrogen) atoms. The summed E-state index contributed by atoms with van der Waals surface area (Å²) < 4.78 is 3.21. The van der Waals surface area contributed by atoms with Crippen LogP contribution in [0.3, 0.4) is 0 Å². The predicted octanol–water partition coefficient (Wildman–Crippen LogP) is 2.63. The first-order chi connectivity index (χ1) is 12.1. The molecule has 1 fully saturated rings. The highest BCUT2D eigenvalue weighted by Crippen LogP contribution is 2.39. The van der Waals surface area contributed by atoms with E-state index in [1.54, 1.807) is 7.05 Å². The van der Waals surface area contributed by atoms with E-state index < -0.39 is 11.2 Å². The molecule has 142 valence electrons. The number of aryl methyl sites for hydroxylation is 1. The van der Waals surface area contributed by atoms with Crippen LogP contribution in [0.1, 0.15) is 47.0 Å². The van der Waals surface area contributed by atoms with Gasteiger partial charge in [0.1, 0.15) is 0 Å². The number of hydrogen-bond acceptors (Lipinski definition) is 4.